The molecule has 1 atom stereocenters. The molecule has 0 spiro atoms. The van der Waals surface area contributed by atoms with E-state index < -0.39 is 0 Å². The largest absolute Gasteiger partial charge is 0.497 e. The fraction of sp³-hybridized carbons (Fsp3) is 0.250. The number of aromatic nitrogens is 3. The number of methoxy groups -OCH3 is 1. The third-order valence-electron chi connectivity index (χ3n) is 4.49. The Morgan fingerprint density at radius 2 is 2.15 bits per heavy atom. The molecule has 0 saturated carbocycles. The molecule has 1 aromatic heterocycles. The van der Waals surface area contributed by atoms with Crippen LogP contribution in [-0.2, 0) is 11.3 Å². The Bertz CT molecular complexity index is 978. The SMILES string of the molecule is COc1cccc(N2CCO[C@@H]2c2cn(Cc3cccc(C#N)c3)nn2)c1. The van der Waals surface area contributed by atoms with Gasteiger partial charge in [-0.25, -0.2) is 4.68 Å². The molecule has 2 aromatic carbocycles. The van der Waals surface area contributed by atoms with E-state index in [1.54, 1.807) is 17.9 Å². The van der Waals surface area contributed by atoms with Crippen molar-refractivity contribution in [3.63, 3.8) is 0 Å². The average molecular weight is 361 g/mol. The van der Waals surface area contributed by atoms with Crippen molar-refractivity contribution >= 4 is 5.69 Å². The summed E-state index contributed by atoms with van der Waals surface area (Å²) in [4.78, 5) is 2.15. The highest BCUT2D eigenvalue weighted by Gasteiger charge is 2.29. The fourth-order valence-corrected chi connectivity index (χ4v) is 3.20. The van der Waals surface area contributed by atoms with Crippen molar-refractivity contribution < 1.29 is 9.47 Å². The zero-order valence-corrected chi connectivity index (χ0v) is 14.9. The lowest BCUT2D eigenvalue weighted by molar-refractivity contribution is 0.110. The zero-order chi connectivity index (χ0) is 18.6. The van der Waals surface area contributed by atoms with Crippen molar-refractivity contribution in [1.82, 2.24) is 15.0 Å². The molecule has 7 heteroatoms. The molecule has 2 heterocycles. The van der Waals surface area contributed by atoms with Gasteiger partial charge in [-0.05, 0) is 29.8 Å². The summed E-state index contributed by atoms with van der Waals surface area (Å²) in [6, 6.07) is 17.5. The lowest BCUT2D eigenvalue weighted by Crippen LogP contribution is -2.23. The lowest BCUT2D eigenvalue weighted by atomic mass is 10.1. The highest BCUT2D eigenvalue weighted by Crippen LogP contribution is 2.32. The summed E-state index contributed by atoms with van der Waals surface area (Å²) in [5, 5.41) is 17.6. The normalized spacial score (nSPS) is 16.3. The number of nitriles is 1. The minimum atomic E-state index is -0.281. The monoisotopic (exact) mass is 361 g/mol. The third kappa shape index (κ3) is 3.61. The molecule has 136 valence electrons. The Morgan fingerprint density at radius 3 is 3.00 bits per heavy atom. The predicted molar refractivity (Wildman–Crippen MR) is 99.3 cm³/mol. The van der Waals surface area contributed by atoms with Crippen LogP contribution in [0.2, 0.25) is 0 Å². The molecule has 0 amide bonds. The van der Waals surface area contributed by atoms with E-state index in [1.165, 1.54) is 0 Å². The van der Waals surface area contributed by atoms with Crippen LogP contribution in [0.15, 0.2) is 54.7 Å². The van der Waals surface area contributed by atoms with Crippen molar-refractivity contribution in [2.24, 2.45) is 0 Å². The number of hydrogen-bond donors (Lipinski definition) is 0. The van der Waals surface area contributed by atoms with Gasteiger partial charge in [-0.2, -0.15) is 5.26 Å². The van der Waals surface area contributed by atoms with Gasteiger partial charge in [0.05, 0.1) is 38.1 Å². The smallest absolute Gasteiger partial charge is 0.177 e. The highest BCUT2D eigenvalue weighted by atomic mass is 16.5. The van der Waals surface area contributed by atoms with E-state index in [2.05, 4.69) is 21.3 Å². The third-order valence-corrected chi connectivity index (χ3v) is 4.49. The molecule has 1 aliphatic rings. The van der Waals surface area contributed by atoms with Crippen LogP contribution < -0.4 is 9.64 Å². The molecule has 1 saturated heterocycles. The van der Waals surface area contributed by atoms with Crippen molar-refractivity contribution in [1.29, 1.82) is 5.26 Å². The molecule has 0 bridgehead atoms. The van der Waals surface area contributed by atoms with Gasteiger partial charge in [-0.3, -0.25) is 0 Å². The van der Waals surface area contributed by atoms with Crippen molar-refractivity contribution in [2.75, 3.05) is 25.2 Å². The second-order valence-electron chi connectivity index (χ2n) is 6.27. The van der Waals surface area contributed by atoms with Crippen molar-refractivity contribution in [3.8, 4) is 11.8 Å². The number of ether oxygens (including phenoxy) is 2. The van der Waals surface area contributed by atoms with E-state index in [-0.39, 0.29) is 6.23 Å². The molecular formula is C20H19N5O2. The van der Waals surface area contributed by atoms with E-state index >= 15 is 0 Å². The van der Waals surface area contributed by atoms with Gasteiger partial charge in [0.15, 0.2) is 6.23 Å². The van der Waals surface area contributed by atoms with Gasteiger partial charge in [0.1, 0.15) is 11.4 Å². The van der Waals surface area contributed by atoms with Crippen LogP contribution >= 0.6 is 0 Å². The Balaban J connectivity index is 1.54. The predicted octanol–water partition coefficient (Wildman–Crippen LogP) is 2.74. The van der Waals surface area contributed by atoms with E-state index in [9.17, 15) is 0 Å². The van der Waals surface area contributed by atoms with Crippen LogP contribution in [0.4, 0.5) is 5.69 Å². The first-order chi connectivity index (χ1) is 13.3. The second kappa shape index (κ2) is 7.48. The van der Waals surface area contributed by atoms with Gasteiger partial charge >= 0.3 is 0 Å². The number of anilines is 1. The zero-order valence-electron chi connectivity index (χ0n) is 14.9. The molecule has 0 N–H and O–H groups in total. The van der Waals surface area contributed by atoms with Gasteiger partial charge in [0.25, 0.3) is 0 Å². The first-order valence-electron chi connectivity index (χ1n) is 8.68. The molecule has 4 rings (SSSR count). The minimum Gasteiger partial charge on any atom is -0.497 e. The summed E-state index contributed by atoms with van der Waals surface area (Å²) in [5.74, 6) is 0.805. The first-order valence-corrected chi connectivity index (χ1v) is 8.68. The summed E-state index contributed by atoms with van der Waals surface area (Å²) in [5.41, 5.74) is 3.42. The summed E-state index contributed by atoms with van der Waals surface area (Å²) in [7, 11) is 1.66. The van der Waals surface area contributed by atoms with Gasteiger partial charge in [0.2, 0.25) is 0 Å². The van der Waals surface area contributed by atoms with Gasteiger partial charge in [-0.15, -0.1) is 5.10 Å². The maximum Gasteiger partial charge on any atom is 0.177 e. The van der Waals surface area contributed by atoms with Crippen LogP contribution in [0.5, 0.6) is 5.75 Å². The number of hydrogen-bond acceptors (Lipinski definition) is 6. The van der Waals surface area contributed by atoms with Crippen LogP contribution in [0, 0.1) is 11.3 Å². The highest BCUT2D eigenvalue weighted by molar-refractivity contribution is 5.52. The second-order valence-corrected chi connectivity index (χ2v) is 6.27. The molecule has 1 fully saturated rings. The molecule has 1 aliphatic heterocycles. The Hall–Kier alpha value is -3.37. The van der Waals surface area contributed by atoms with Gasteiger partial charge in [-0.1, -0.05) is 23.4 Å². The maximum atomic E-state index is 9.03. The molecular weight excluding hydrogens is 342 g/mol. The standard InChI is InChI=1S/C20H19N5O2/c1-26-18-7-3-6-17(11-18)25-8-9-27-20(25)19-14-24(23-22-19)13-16-5-2-4-15(10-16)12-21/h2-7,10-11,14,20H,8-9,13H2,1H3/t20-/m1/s1. The van der Waals surface area contributed by atoms with Crippen LogP contribution in [0.25, 0.3) is 0 Å². The average Bonchev–Trinajstić information content (AvgIpc) is 3.37. The van der Waals surface area contributed by atoms with Crippen LogP contribution in [0.3, 0.4) is 0 Å². The quantitative estimate of drug-likeness (QED) is 0.695. The molecule has 7 nitrogen and oxygen atoms in total. The lowest BCUT2D eigenvalue weighted by Gasteiger charge is -2.23. The van der Waals surface area contributed by atoms with Crippen molar-refractivity contribution in [3.05, 3.63) is 71.5 Å². The van der Waals surface area contributed by atoms with E-state index in [1.807, 2.05) is 48.7 Å². The summed E-state index contributed by atoms with van der Waals surface area (Å²) >= 11 is 0. The Labute approximate surface area is 157 Å². The maximum absolute atomic E-state index is 9.03. The van der Waals surface area contributed by atoms with Gasteiger partial charge in [0, 0.05) is 18.3 Å². The van der Waals surface area contributed by atoms with Gasteiger partial charge < -0.3 is 14.4 Å². The van der Waals surface area contributed by atoms with E-state index in [4.69, 9.17) is 14.7 Å². The summed E-state index contributed by atoms with van der Waals surface area (Å²) in [6.45, 7) is 1.95. The van der Waals surface area contributed by atoms with E-state index in [0.717, 1.165) is 29.2 Å². The molecule has 0 aliphatic carbocycles. The Kier molecular flexibility index (Phi) is 4.73. The minimum absolute atomic E-state index is 0.281. The first kappa shape index (κ1) is 17.1. The number of nitrogens with zero attached hydrogens (tertiary/aromatic N) is 5. The van der Waals surface area contributed by atoms with Crippen LogP contribution in [0.1, 0.15) is 23.0 Å². The number of benzene rings is 2. The van der Waals surface area contributed by atoms with Crippen molar-refractivity contribution in [2.45, 2.75) is 12.8 Å². The number of rotatable bonds is 5. The molecule has 0 radical (unpaired) electrons. The fourth-order valence-electron chi connectivity index (χ4n) is 3.20. The molecule has 27 heavy (non-hydrogen) atoms. The topological polar surface area (TPSA) is 76.2 Å². The summed E-state index contributed by atoms with van der Waals surface area (Å²) < 4.78 is 13.0. The summed E-state index contributed by atoms with van der Waals surface area (Å²) in [6.07, 6.45) is 1.61. The van der Waals surface area contributed by atoms with Crippen LogP contribution in [-0.4, -0.2) is 35.3 Å². The molecule has 3 aromatic rings. The van der Waals surface area contributed by atoms with E-state index in [0.29, 0.717) is 18.7 Å². The Morgan fingerprint density at radius 1 is 1.26 bits per heavy atom. The molecule has 0 unspecified atom stereocenters.